The van der Waals surface area contributed by atoms with E-state index in [0.29, 0.717) is 17.0 Å². The molecule has 26 heavy (non-hydrogen) atoms. The van der Waals surface area contributed by atoms with Crippen LogP contribution in [0.25, 0.3) is 0 Å². The van der Waals surface area contributed by atoms with Gasteiger partial charge in [-0.25, -0.2) is 4.79 Å². The highest BCUT2D eigenvalue weighted by Gasteiger charge is 2.12. The Balaban J connectivity index is 1.61. The maximum absolute atomic E-state index is 11.9. The molecule has 0 N–H and O–H groups in total. The summed E-state index contributed by atoms with van der Waals surface area (Å²) in [6, 6.07) is 17.8. The van der Waals surface area contributed by atoms with E-state index >= 15 is 0 Å². The molecular formula is C20H16BrNO4. The second kappa shape index (κ2) is 8.49. The van der Waals surface area contributed by atoms with Crippen molar-refractivity contribution < 1.29 is 18.7 Å². The molecule has 0 bridgehead atoms. The van der Waals surface area contributed by atoms with E-state index in [1.807, 2.05) is 43.3 Å². The van der Waals surface area contributed by atoms with Crippen LogP contribution in [0.5, 0.6) is 11.5 Å². The summed E-state index contributed by atoms with van der Waals surface area (Å²) in [7, 11) is 0. The lowest BCUT2D eigenvalue weighted by molar-refractivity contribution is 0.0700. The number of carbonyl (C=O) groups is 1. The Hall–Kier alpha value is -2.86. The lowest BCUT2D eigenvalue weighted by Gasteiger charge is -2.03. The molecule has 0 amide bonds. The highest BCUT2D eigenvalue weighted by molar-refractivity contribution is 9.10. The number of halogens is 1. The molecule has 132 valence electrons. The van der Waals surface area contributed by atoms with E-state index in [9.17, 15) is 4.79 Å². The van der Waals surface area contributed by atoms with E-state index < -0.39 is 5.97 Å². The summed E-state index contributed by atoms with van der Waals surface area (Å²) in [5.74, 6) is 0.839. The SMILES string of the molecule is CCOc1ccc(N=Cc2ccc(OC(=O)c3ccc(Br)o3)cc2)cc1. The van der Waals surface area contributed by atoms with Crippen LogP contribution in [0.2, 0.25) is 0 Å². The number of hydrogen-bond acceptors (Lipinski definition) is 5. The van der Waals surface area contributed by atoms with Gasteiger partial charge in [0.1, 0.15) is 11.5 Å². The van der Waals surface area contributed by atoms with Crippen LogP contribution in [0, 0.1) is 0 Å². The number of carbonyl (C=O) groups excluding carboxylic acids is 1. The Morgan fingerprint density at radius 1 is 1.04 bits per heavy atom. The van der Waals surface area contributed by atoms with Crippen molar-refractivity contribution in [2.75, 3.05) is 6.61 Å². The van der Waals surface area contributed by atoms with Gasteiger partial charge in [0.2, 0.25) is 5.76 Å². The summed E-state index contributed by atoms with van der Waals surface area (Å²) in [6.07, 6.45) is 1.74. The molecule has 0 spiro atoms. The minimum Gasteiger partial charge on any atom is -0.494 e. The van der Waals surface area contributed by atoms with Gasteiger partial charge in [0.05, 0.1) is 12.3 Å². The number of benzene rings is 2. The summed E-state index contributed by atoms with van der Waals surface area (Å²) in [6.45, 7) is 2.58. The number of ether oxygens (including phenoxy) is 2. The Morgan fingerprint density at radius 2 is 1.73 bits per heavy atom. The average molecular weight is 414 g/mol. The molecule has 0 aliphatic carbocycles. The molecule has 0 saturated carbocycles. The smallest absolute Gasteiger partial charge is 0.379 e. The van der Waals surface area contributed by atoms with Gasteiger partial charge in [-0.3, -0.25) is 4.99 Å². The molecule has 0 saturated heterocycles. The molecule has 1 aromatic heterocycles. The fourth-order valence-corrected chi connectivity index (χ4v) is 2.45. The number of hydrogen-bond donors (Lipinski definition) is 0. The first-order chi connectivity index (χ1) is 12.6. The second-order valence-corrected chi connectivity index (χ2v) is 6.03. The summed E-state index contributed by atoms with van der Waals surface area (Å²) in [5.41, 5.74) is 1.71. The highest BCUT2D eigenvalue weighted by atomic mass is 79.9. The lowest BCUT2D eigenvalue weighted by Crippen LogP contribution is -2.07. The molecule has 0 aliphatic rings. The molecule has 0 atom stereocenters. The van der Waals surface area contributed by atoms with Crippen LogP contribution >= 0.6 is 15.9 Å². The number of furan rings is 1. The van der Waals surface area contributed by atoms with E-state index in [-0.39, 0.29) is 5.76 Å². The maximum Gasteiger partial charge on any atom is 0.379 e. The zero-order chi connectivity index (χ0) is 18.4. The molecule has 2 aromatic carbocycles. The first-order valence-electron chi connectivity index (χ1n) is 7.98. The van der Waals surface area contributed by atoms with Crippen LogP contribution in [0.4, 0.5) is 5.69 Å². The van der Waals surface area contributed by atoms with E-state index in [0.717, 1.165) is 17.0 Å². The predicted molar refractivity (Wildman–Crippen MR) is 103 cm³/mol. The van der Waals surface area contributed by atoms with Crippen molar-refractivity contribution in [1.82, 2.24) is 0 Å². The van der Waals surface area contributed by atoms with Crippen LogP contribution in [0.1, 0.15) is 23.0 Å². The van der Waals surface area contributed by atoms with E-state index in [2.05, 4.69) is 20.9 Å². The zero-order valence-corrected chi connectivity index (χ0v) is 15.6. The summed E-state index contributed by atoms with van der Waals surface area (Å²) in [4.78, 5) is 16.3. The fraction of sp³-hybridized carbons (Fsp3) is 0.100. The van der Waals surface area contributed by atoms with E-state index in [1.165, 1.54) is 0 Å². The summed E-state index contributed by atoms with van der Waals surface area (Å²) < 4.78 is 16.3. The van der Waals surface area contributed by atoms with Crippen LogP contribution in [-0.4, -0.2) is 18.8 Å². The minimum atomic E-state index is -0.550. The number of aliphatic imine (C=N–C) groups is 1. The number of esters is 1. The van der Waals surface area contributed by atoms with Gasteiger partial charge in [0, 0.05) is 6.21 Å². The monoisotopic (exact) mass is 413 g/mol. The summed E-state index contributed by atoms with van der Waals surface area (Å²) in [5, 5.41) is 0. The summed E-state index contributed by atoms with van der Waals surface area (Å²) >= 11 is 3.15. The van der Waals surface area contributed by atoms with E-state index in [4.69, 9.17) is 13.9 Å². The minimum absolute atomic E-state index is 0.137. The van der Waals surface area contributed by atoms with Gasteiger partial charge < -0.3 is 13.9 Å². The Kier molecular flexibility index (Phi) is 5.86. The van der Waals surface area contributed by atoms with Crippen LogP contribution in [0.15, 0.2) is 74.7 Å². The van der Waals surface area contributed by atoms with Crippen molar-refractivity contribution >= 4 is 33.8 Å². The van der Waals surface area contributed by atoms with Gasteiger partial charge in [0.25, 0.3) is 0 Å². The standard InChI is InChI=1S/C20H16BrNO4/c1-2-24-16-9-5-15(6-10-16)22-13-14-3-7-17(8-4-14)25-20(23)18-11-12-19(21)26-18/h3-13H,2H2,1H3. The third-order valence-corrected chi connectivity index (χ3v) is 3.80. The van der Waals surface area contributed by atoms with Crippen molar-refractivity contribution in [3.8, 4) is 11.5 Å². The van der Waals surface area contributed by atoms with E-state index in [1.54, 1.807) is 30.5 Å². The van der Waals surface area contributed by atoms with Gasteiger partial charge in [-0.05, 0) is 89.1 Å². The number of nitrogens with zero attached hydrogens (tertiary/aromatic N) is 1. The molecule has 0 fully saturated rings. The third kappa shape index (κ3) is 4.83. The first-order valence-corrected chi connectivity index (χ1v) is 8.78. The molecule has 5 nitrogen and oxygen atoms in total. The highest BCUT2D eigenvalue weighted by Crippen LogP contribution is 2.20. The van der Waals surface area contributed by atoms with Gasteiger partial charge >= 0.3 is 5.97 Å². The van der Waals surface area contributed by atoms with Crippen LogP contribution in [0.3, 0.4) is 0 Å². The molecule has 1 heterocycles. The number of rotatable bonds is 6. The molecule has 0 aliphatic heterocycles. The van der Waals surface area contributed by atoms with Crippen molar-refractivity contribution in [1.29, 1.82) is 0 Å². The maximum atomic E-state index is 11.9. The topological polar surface area (TPSA) is 61.0 Å². The third-order valence-electron chi connectivity index (χ3n) is 3.38. The fourth-order valence-electron chi connectivity index (χ4n) is 2.15. The Bertz CT molecular complexity index is 898. The normalized spacial score (nSPS) is 10.8. The van der Waals surface area contributed by atoms with Crippen molar-refractivity contribution in [2.45, 2.75) is 6.92 Å². The van der Waals surface area contributed by atoms with Crippen LogP contribution < -0.4 is 9.47 Å². The Labute approximate surface area is 159 Å². The van der Waals surface area contributed by atoms with Crippen molar-refractivity contribution in [3.05, 3.63) is 76.7 Å². The molecular weight excluding hydrogens is 398 g/mol. The Morgan fingerprint density at radius 3 is 2.35 bits per heavy atom. The quantitative estimate of drug-likeness (QED) is 0.307. The van der Waals surface area contributed by atoms with Gasteiger partial charge in [-0.15, -0.1) is 0 Å². The van der Waals surface area contributed by atoms with Crippen molar-refractivity contribution in [2.24, 2.45) is 4.99 Å². The second-order valence-electron chi connectivity index (χ2n) is 5.25. The largest absolute Gasteiger partial charge is 0.494 e. The van der Waals surface area contributed by atoms with Crippen LogP contribution in [-0.2, 0) is 0 Å². The predicted octanol–water partition coefficient (Wildman–Crippen LogP) is 5.41. The lowest BCUT2D eigenvalue weighted by atomic mass is 10.2. The first kappa shape index (κ1) is 17.9. The van der Waals surface area contributed by atoms with Gasteiger partial charge in [-0.1, -0.05) is 0 Å². The molecule has 3 aromatic rings. The molecule has 0 radical (unpaired) electrons. The zero-order valence-electron chi connectivity index (χ0n) is 14.0. The molecule has 3 rings (SSSR count). The van der Waals surface area contributed by atoms with Crippen molar-refractivity contribution in [3.63, 3.8) is 0 Å². The molecule has 6 heteroatoms. The van der Waals surface area contributed by atoms with Gasteiger partial charge in [0.15, 0.2) is 4.67 Å². The average Bonchev–Trinajstić information content (AvgIpc) is 3.09. The van der Waals surface area contributed by atoms with Gasteiger partial charge in [-0.2, -0.15) is 0 Å². The molecule has 0 unspecified atom stereocenters.